The Morgan fingerprint density at radius 3 is 2.71 bits per heavy atom. The molecule has 5 rings (SSSR count). The van der Waals surface area contributed by atoms with Crippen LogP contribution >= 0.6 is 0 Å². The first kappa shape index (κ1) is 22.3. The van der Waals surface area contributed by atoms with Crippen LogP contribution in [0.4, 0.5) is 29.3 Å². The van der Waals surface area contributed by atoms with Crippen molar-refractivity contribution >= 4 is 34.3 Å². The van der Waals surface area contributed by atoms with E-state index in [9.17, 15) is 22.8 Å². The van der Waals surface area contributed by atoms with Crippen molar-refractivity contribution in [2.75, 3.05) is 16.3 Å². The van der Waals surface area contributed by atoms with E-state index in [1.165, 1.54) is 6.33 Å². The molecule has 3 aromatic heterocycles. The minimum Gasteiger partial charge on any atom is -0.438 e. The molecule has 1 aliphatic rings. The topological polar surface area (TPSA) is 104 Å². The molecule has 35 heavy (non-hydrogen) atoms. The average molecular weight is 482 g/mol. The van der Waals surface area contributed by atoms with E-state index in [1.54, 1.807) is 30.5 Å². The molecular formula is C23H17F3N6O3. The summed E-state index contributed by atoms with van der Waals surface area (Å²) in [5, 5.41) is 0.685. The summed E-state index contributed by atoms with van der Waals surface area (Å²) in [6.07, 6.45) is 0.682. The predicted octanol–water partition coefficient (Wildman–Crippen LogP) is 4.70. The number of anilines is 2. The van der Waals surface area contributed by atoms with Crippen molar-refractivity contribution in [2.24, 2.45) is 0 Å². The number of aryl methyl sites for hydroxylation is 1. The van der Waals surface area contributed by atoms with Crippen LogP contribution in [-0.4, -0.2) is 38.4 Å². The van der Waals surface area contributed by atoms with Gasteiger partial charge in [0.1, 0.15) is 24.3 Å². The molecule has 1 fully saturated rings. The van der Waals surface area contributed by atoms with Crippen LogP contribution in [0, 0.1) is 0 Å². The van der Waals surface area contributed by atoms with Gasteiger partial charge in [-0.25, -0.2) is 19.7 Å². The first-order valence-corrected chi connectivity index (χ1v) is 10.5. The summed E-state index contributed by atoms with van der Waals surface area (Å²) >= 11 is 0. The Kier molecular flexibility index (Phi) is 5.35. The summed E-state index contributed by atoms with van der Waals surface area (Å²) in [5.74, 6) is 0.202. The minimum absolute atomic E-state index is 0.113. The predicted molar refractivity (Wildman–Crippen MR) is 119 cm³/mol. The second-order valence-corrected chi connectivity index (χ2v) is 7.69. The average Bonchev–Trinajstić information content (AvgIpc) is 3.43. The number of hydrogen-bond donors (Lipinski definition) is 1. The standard InChI is InChI=1S/C23H17F3N6O3/c1-2-13-7-16(35-21-17-5-6-28-20(17)29-12-30-21)3-4-18(13)32-19(33)11-31(22(32)34)15-8-14(9-27-10-15)23(24,25)26/h3-10,12H,2,11H2,1H3,(H,28,29,30). The summed E-state index contributed by atoms with van der Waals surface area (Å²) in [7, 11) is 0. The molecule has 3 amide bonds. The van der Waals surface area contributed by atoms with Gasteiger partial charge in [-0.1, -0.05) is 6.92 Å². The number of imide groups is 1. The van der Waals surface area contributed by atoms with Crippen molar-refractivity contribution in [1.29, 1.82) is 0 Å². The lowest BCUT2D eigenvalue weighted by molar-refractivity contribution is -0.137. The first-order chi connectivity index (χ1) is 16.8. The van der Waals surface area contributed by atoms with Crippen molar-refractivity contribution in [1.82, 2.24) is 19.9 Å². The third-order valence-electron chi connectivity index (χ3n) is 5.53. The molecule has 0 aliphatic carbocycles. The van der Waals surface area contributed by atoms with Gasteiger partial charge in [0, 0.05) is 12.4 Å². The number of pyridine rings is 1. The molecule has 1 aromatic carbocycles. The molecular weight excluding hydrogens is 465 g/mol. The van der Waals surface area contributed by atoms with Crippen LogP contribution in [0.3, 0.4) is 0 Å². The molecule has 0 spiro atoms. The molecule has 1 aliphatic heterocycles. The molecule has 0 unspecified atom stereocenters. The van der Waals surface area contributed by atoms with Crippen LogP contribution in [-0.2, 0) is 17.4 Å². The quantitative estimate of drug-likeness (QED) is 0.414. The Labute approximate surface area is 196 Å². The van der Waals surface area contributed by atoms with Gasteiger partial charge in [-0.15, -0.1) is 0 Å². The maximum Gasteiger partial charge on any atom is 0.417 e. The number of carbonyl (C=O) groups is 2. The lowest BCUT2D eigenvalue weighted by atomic mass is 10.1. The van der Waals surface area contributed by atoms with Crippen molar-refractivity contribution in [3.63, 3.8) is 0 Å². The number of aromatic amines is 1. The number of H-pyrrole nitrogens is 1. The van der Waals surface area contributed by atoms with Crippen LogP contribution in [0.1, 0.15) is 18.1 Å². The number of carbonyl (C=O) groups excluding carboxylic acids is 2. The Morgan fingerprint density at radius 2 is 1.94 bits per heavy atom. The maximum absolute atomic E-state index is 13.1. The Hall–Kier alpha value is -4.48. The fraction of sp³-hybridized carbons (Fsp3) is 0.174. The van der Waals surface area contributed by atoms with Crippen molar-refractivity contribution in [2.45, 2.75) is 19.5 Å². The van der Waals surface area contributed by atoms with E-state index in [0.29, 0.717) is 46.5 Å². The normalized spacial score (nSPS) is 14.3. The molecule has 4 aromatic rings. The second-order valence-electron chi connectivity index (χ2n) is 7.69. The van der Waals surface area contributed by atoms with Gasteiger partial charge in [0.25, 0.3) is 5.91 Å². The van der Waals surface area contributed by atoms with Crippen molar-refractivity contribution < 1.29 is 27.5 Å². The molecule has 1 N–H and O–H groups in total. The largest absolute Gasteiger partial charge is 0.438 e. The lowest BCUT2D eigenvalue weighted by Crippen LogP contribution is -2.33. The van der Waals surface area contributed by atoms with Crippen molar-refractivity contribution in [3.05, 3.63) is 66.4 Å². The lowest BCUT2D eigenvalue weighted by Gasteiger charge is -2.20. The number of urea groups is 1. The molecule has 9 nitrogen and oxygen atoms in total. The van der Waals surface area contributed by atoms with Gasteiger partial charge in [-0.2, -0.15) is 13.2 Å². The van der Waals surface area contributed by atoms with E-state index in [-0.39, 0.29) is 5.69 Å². The van der Waals surface area contributed by atoms with Gasteiger partial charge in [-0.05, 0) is 42.3 Å². The Morgan fingerprint density at radius 1 is 1.11 bits per heavy atom. The van der Waals surface area contributed by atoms with Crippen LogP contribution in [0.5, 0.6) is 11.6 Å². The Balaban J connectivity index is 1.44. The van der Waals surface area contributed by atoms with E-state index < -0.39 is 30.2 Å². The summed E-state index contributed by atoms with van der Waals surface area (Å²) in [5.41, 5.74) is 0.447. The number of hydrogen-bond acceptors (Lipinski definition) is 6. The summed E-state index contributed by atoms with van der Waals surface area (Å²) in [4.78, 5) is 42.6. The van der Waals surface area contributed by atoms with Crippen LogP contribution < -0.4 is 14.5 Å². The van der Waals surface area contributed by atoms with E-state index in [4.69, 9.17) is 4.74 Å². The highest BCUT2D eigenvalue weighted by Crippen LogP contribution is 2.35. The molecule has 1 saturated heterocycles. The number of rotatable bonds is 5. The number of amides is 3. The summed E-state index contributed by atoms with van der Waals surface area (Å²) in [6, 6.07) is 6.65. The van der Waals surface area contributed by atoms with E-state index in [2.05, 4.69) is 19.9 Å². The zero-order valence-electron chi connectivity index (χ0n) is 18.2. The SMILES string of the molecule is CCc1cc(Oc2ncnc3[nH]ccc23)ccc1N1C(=O)CN(c2cncc(C(F)(F)F)c2)C1=O. The minimum atomic E-state index is -4.63. The maximum atomic E-state index is 13.1. The molecule has 178 valence electrons. The monoisotopic (exact) mass is 482 g/mol. The van der Waals surface area contributed by atoms with Crippen molar-refractivity contribution in [3.8, 4) is 11.6 Å². The van der Waals surface area contributed by atoms with Gasteiger partial charge in [0.05, 0.1) is 28.5 Å². The van der Waals surface area contributed by atoms with E-state index in [0.717, 1.165) is 22.1 Å². The van der Waals surface area contributed by atoms with E-state index in [1.807, 2.05) is 6.92 Å². The number of halogens is 3. The fourth-order valence-electron chi connectivity index (χ4n) is 3.84. The zero-order chi connectivity index (χ0) is 24.7. The number of benzene rings is 1. The number of fused-ring (bicyclic) bond motifs is 1. The van der Waals surface area contributed by atoms with E-state index >= 15 is 0 Å². The first-order valence-electron chi connectivity index (χ1n) is 10.5. The van der Waals surface area contributed by atoms with Crippen LogP contribution in [0.25, 0.3) is 11.0 Å². The second kappa shape index (κ2) is 8.38. The summed E-state index contributed by atoms with van der Waals surface area (Å²) in [6.45, 7) is 1.44. The molecule has 4 heterocycles. The van der Waals surface area contributed by atoms with Crippen LogP contribution in [0.15, 0.2) is 55.2 Å². The Bertz CT molecular complexity index is 1450. The highest BCUT2D eigenvalue weighted by atomic mass is 19.4. The molecule has 12 heteroatoms. The third kappa shape index (κ3) is 4.03. The molecule has 0 radical (unpaired) electrons. The number of aromatic nitrogens is 4. The number of ether oxygens (including phenoxy) is 1. The highest BCUT2D eigenvalue weighted by molar-refractivity contribution is 6.27. The fourth-order valence-corrected chi connectivity index (χ4v) is 3.84. The smallest absolute Gasteiger partial charge is 0.417 e. The number of alkyl halides is 3. The van der Waals surface area contributed by atoms with Gasteiger partial charge in [-0.3, -0.25) is 14.7 Å². The van der Waals surface area contributed by atoms with Gasteiger partial charge in [0.2, 0.25) is 5.88 Å². The zero-order valence-corrected chi connectivity index (χ0v) is 18.2. The molecule has 0 atom stereocenters. The van der Waals surface area contributed by atoms with Crippen LogP contribution in [0.2, 0.25) is 0 Å². The summed E-state index contributed by atoms with van der Waals surface area (Å²) < 4.78 is 45.2. The molecule has 0 bridgehead atoms. The third-order valence-corrected chi connectivity index (χ3v) is 5.53. The molecule has 0 saturated carbocycles. The highest BCUT2D eigenvalue weighted by Gasteiger charge is 2.40. The number of nitrogens with zero attached hydrogens (tertiary/aromatic N) is 5. The van der Waals surface area contributed by atoms with Gasteiger partial charge < -0.3 is 9.72 Å². The number of nitrogens with one attached hydrogen (secondary N) is 1. The van der Waals surface area contributed by atoms with Gasteiger partial charge >= 0.3 is 12.2 Å². The van der Waals surface area contributed by atoms with Gasteiger partial charge in [0.15, 0.2) is 0 Å².